The number of nitrogens with zero attached hydrogens (tertiary/aromatic N) is 1. The number of rotatable bonds is 5. The van der Waals surface area contributed by atoms with Gasteiger partial charge in [-0.25, -0.2) is 0 Å². The second-order valence-corrected chi connectivity index (χ2v) is 6.72. The minimum Gasteiger partial charge on any atom is -0.508 e. The van der Waals surface area contributed by atoms with Gasteiger partial charge in [-0.05, 0) is 49.8 Å². The number of hydrogen-bond donors (Lipinski definition) is 2. The van der Waals surface area contributed by atoms with Crippen molar-refractivity contribution < 1.29 is 9.90 Å². The molecule has 0 spiro atoms. The first-order valence-electron chi connectivity index (χ1n) is 8.66. The van der Waals surface area contributed by atoms with E-state index in [9.17, 15) is 9.90 Å². The van der Waals surface area contributed by atoms with E-state index in [2.05, 4.69) is 16.3 Å². The molecule has 2 N–H and O–H groups in total. The van der Waals surface area contributed by atoms with Crippen LogP contribution in [-0.4, -0.2) is 35.0 Å². The lowest BCUT2D eigenvalue weighted by Gasteiger charge is -2.32. The Labute approximate surface area is 138 Å². The highest BCUT2D eigenvalue weighted by Crippen LogP contribution is 2.21. The van der Waals surface area contributed by atoms with E-state index in [1.54, 1.807) is 6.07 Å². The number of allylic oxidation sites excluding steroid dienone is 1. The lowest BCUT2D eigenvalue weighted by atomic mass is 10.0. The second kappa shape index (κ2) is 7.64. The molecule has 0 bridgehead atoms. The Morgan fingerprint density at radius 2 is 2.13 bits per heavy atom. The van der Waals surface area contributed by atoms with Crippen molar-refractivity contribution in [1.29, 1.82) is 0 Å². The van der Waals surface area contributed by atoms with Crippen molar-refractivity contribution in [2.45, 2.75) is 51.1 Å². The normalized spacial score (nSPS) is 19.6. The molecule has 23 heavy (non-hydrogen) atoms. The number of likely N-dealkylation sites (tertiary alicyclic amines) is 1. The van der Waals surface area contributed by atoms with Gasteiger partial charge in [-0.15, -0.1) is 0 Å². The van der Waals surface area contributed by atoms with Gasteiger partial charge in [0.15, 0.2) is 0 Å². The first-order valence-corrected chi connectivity index (χ1v) is 8.66. The van der Waals surface area contributed by atoms with Crippen LogP contribution in [0.1, 0.15) is 44.1 Å². The van der Waals surface area contributed by atoms with E-state index in [1.807, 2.05) is 18.2 Å². The fourth-order valence-corrected chi connectivity index (χ4v) is 3.53. The summed E-state index contributed by atoms with van der Waals surface area (Å²) in [5.41, 5.74) is 2.45. The summed E-state index contributed by atoms with van der Waals surface area (Å²) in [5.74, 6) is 0.510. The molecule has 1 aliphatic heterocycles. The standard InChI is InChI=1S/C19H26N2O2/c22-18-7-3-6-16(12-18)14-21-10-8-17(9-11-21)20-19(23)13-15-4-1-2-5-15/h3-4,6-7,12,17,22H,1-2,5,8-11,13-14H2,(H,20,23). The number of carbonyl (C=O) groups excluding carboxylic acids is 1. The van der Waals surface area contributed by atoms with E-state index in [4.69, 9.17) is 0 Å². The Morgan fingerprint density at radius 1 is 1.30 bits per heavy atom. The van der Waals surface area contributed by atoms with E-state index >= 15 is 0 Å². The number of hydrogen-bond acceptors (Lipinski definition) is 3. The summed E-state index contributed by atoms with van der Waals surface area (Å²) >= 11 is 0. The molecule has 1 fully saturated rings. The number of phenols is 1. The Bertz CT molecular complexity index is 574. The molecule has 0 radical (unpaired) electrons. The van der Waals surface area contributed by atoms with Crippen LogP contribution >= 0.6 is 0 Å². The van der Waals surface area contributed by atoms with Crippen molar-refractivity contribution >= 4 is 5.91 Å². The quantitative estimate of drug-likeness (QED) is 0.822. The van der Waals surface area contributed by atoms with Crippen LogP contribution in [-0.2, 0) is 11.3 Å². The van der Waals surface area contributed by atoms with Gasteiger partial charge >= 0.3 is 0 Å². The molecule has 0 atom stereocenters. The average Bonchev–Trinajstić information content (AvgIpc) is 3.02. The Kier molecular flexibility index (Phi) is 5.34. The van der Waals surface area contributed by atoms with Gasteiger partial charge in [0, 0.05) is 32.1 Å². The monoisotopic (exact) mass is 314 g/mol. The molecular weight excluding hydrogens is 288 g/mol. The predicted molar refractivity (Wildman–Crippen MR) is 91.1 cm³/mol. The summed E-state index contributed by atoms with van der Waals surface area (Å²) in [6.07, 6.45) is 8.25. The molecular formula is C19H26N2O2. The van der Waals surface area contributed by atoms with Gasteiger partial charge in [0.05, 0.1) is 0 Å². The highest BCUT2D eigenvalue weighted by atomic mass is 16.3. The van der Waals surface area contributed by atoms with Crippen molar-refractivity contribution in [1.82, 2.24) is 10.2 Å². The third kappa shape index (κ3) is 4.83. The maximum atomic E-state index is 12.1. The van der Waals surface area contributed by atoms with Gasteiger partial charge in [0.2, 0.25) is 5.91 Å². The SMILES string of the molecule is O=C(CC1=CCCC1)NC1CCN(Cc2cccc(O)c2)CC1. The molecule has 0 unspecified atom stereocenters. The lowest BCUT2D eigenvalue weighted by molar-refractivity contribution is -0.121. The number of carbonyl (C=O) groups is 1. The molecule has 1 aliphatic carbocycles. The summed E-state index contributed by atoms with van der Waals surface area (Å²) in [4.78, 5) is 14.5. The molecule has 1 aromatic carbocycles. The van der Waals surface area contributed by atoms with Crippen molar-refractivity contribution in [2.24, 2.45) is 0 Å². The summed E-state index contributed by atoms with van der Waals surface area (Å²) in [7, 11) is 0. The lowest BCUT2D eigenvalue weighted by Crippen LogP contribution is -2.44. The van der Waals surface area contributed by atoms with E-state index in [-0.39, 0.29) is 5.91 Å². The maximum absolute atomic E-state index is 12.1. The van der Waals surface area contributed by atoms with Gasteiger partial charge in [0.25, 0.3) is 0 Å². The van der Waals surface area contributed by atoms with Gasteiger partial charge in [-0.1, -0.05) is 23.8 Å². The average molecular weight is 314 g/mol. The van der Waals surface area contributed by atoms with Gasteiger partial charge in [-0.3, -0.25) is 9.69 Å². The molecule has 1 amide bonds. The van der Waals surface area contributed by atoms with Crippen LogP contribution in [0.3, 0.4) is 0 Å². The molecule has 0 saturated carbocycles. The third-order valence-corrected chi connectivity index (χ3v) is 4.79. The van der Waals surface area contributed by atoms with Crippen LogP contribution in [0.5, 0.6) is 5.75 Å². The number of aromatic hydroxyl groups is 1. The van der Waals surface area contributed by atoms with Crippen LogP contribution in [0.25, 0.3) is 0 Å². The topological polar surface area (TPSA) is 52.6 Å². The zero-order chi connectivity index (χ0) is 16.1. The molecule has 1 saturated heterocycles. The van der Waals surface area contributed by atoms with Gasteiger partial charge in [-0.2, -0.15) is 0 Å². The molecule has 3 rings (SSSR count). The minimum absolute atomic E-state index is 0.185. The van der Waals surface area contributed by atoms with Crippen molar-refractivity contribution in [3.05, 3.63) is 41.5 Å². The zero-order valence-corrected chi connectivity index (χ0v) is 13.6. The van der Waals surface area contributed by atoms with E-state index in [0.29, 0.717) is 18.2 Å². The Balaban J connectivity index is 1.40. The van der Waals surface area contributed by atoms with Crippen molar-refractivity contribution in [3.63, 3.8) is 0 Å². The molecule has 1 aromatic rings. The molecule has 2 aliphatic rings. The number of amides is 1. The van der Waals surface area contributed by atoms with E-state index < -0.39 is 0 Å². The number of piperidine rings is 1. The minimum atomic E-state index is 0.185. The third-order valence-electron chi connectivity index (χ3n) is 4.79. The predicted octanol–water partition coefficient (Wildman–Crippen LogP) is 2.97. The van der Waals surface area contributed by atoms with Gasteiger partial charge in [0.1, 0.15) is 5.75 Å². The van der Waals surface area contributed by atoms with Crippen LogP contribution < -0.4 is 5.32 Å². The summed E-state index contributed by atoms with van der Waals surface area (Å²) < 4.78 is 0. The number of nitrogens with one attached hydrogen (secondary N) is 1. The highest BCUT2D eigenvalue weighted by Gasteiger charge is 2.21. The van der Waals surface area contributed by atoms with Gasteiger partial charge < -0.3 is 10.4 Å². The number of benzene rings is 1. The van der Waals surface area contributed by atoms with Crippen molar-refractivity contribution in [2.75, 3.05) is 13.1 Å². The molecule has 124 valence electrons. The molecule has 4 heteroatoms. The smallest absolute Gasteiger partial charge is 0.224 e. The van der Waals surface area contributed by atoms with Crippen LogP contribution in [0.2, 0.25) is 0 Å². The summed E-state index contributed by atoms with van der Waals surface area (Å²) in [6.45, 7) is 2.84. The highest BCUT2D eigenvalue weighted by molar-refractivity contribution is 5.78. The maximum Gasteiger partial charge on any atom is 0.224 e. The second-order valence-electron chi connectivity index (χ2n) is 6.72. The molecule has 0 aromatic heterocycles. The molecule has 4 nitrogen and oxygen atoms in total. The van der Waals surface area contributed by atoms with Crippen LogP contribution in [0, 0.1) is 0 Å². The fourth-order valence-electron chi connectivity index (χ4n) is 3.53. The van der Waals surface area contributed by atoms with Crippen LogP contribution in [0.4, 0.5) is 0 Å². The first kappa shape index (κ1) is 16.1. The number of phenolic OH excluding ortho intramolecular Hbond substituents is 1. The Morgan fingerprint density at radius 3 is 2.83 bits per heavy atom. The first-order chi connectivity index (χ1) is 11.2. The zero-order valence-electron chi connectivity index (χ0n) is 13.6. The Hall–Kier alpha value is -1.81. The van der Waals surface area contributed by atoms with Crippen LogP contribution in [0.15, 0.2) is 35.9 Å². The fraction of sp³-hybridized carbons (Fsp3) is 0.526. The van der Waals surface area contributed by atoms with Crippen molar-refractivity contribution in [3.8, 4) is 5.75 Å². The largest absolute Gasteiger partial charge is 0.508 e. The summed E-state index contributed by atoms with van der Waals surface area (Å²) in [5, 5.41) is 12.7. The van der Waals surface area contributed by atoms with E-state index in [0.717, 1.165) is 50.9 Å². The van der Waals surface area contributed by atoms with E-state index in [1.165, 1.54) is 12.0 Å². The summed E-state index contributed by atoms with van der Waals surface area (Å²) in [6, 6.07) is 7.76. The molecule has 1 heterocycles.